The number of aromatic nitrogens is 1. The molecule has 1 aromatic heterocycles. The first-order valence-corrected chi connectivity index (χ1v) is 4.54. The van der Waals surface area contributed by atoms with Crippen LogP contribution in [0.25, 0.3) is 5.69 Å². The lowest BCUT2D eigenvalue weighted by atomic mass is 10.2. The van der Waals surface area contributed by atoms with Gasteiger partial charge < -0.3 is 4.57 Å². The number of aryl methyl sites for hydroxylation is 1. The van der Waals surface area contributed by atoms with Crippen LogP contribution in [-0.2, 0) is 0 Å². The normalized spacial score (nSPS) is 10.3. The summed E-state index contributed by atoms with van der Waals surface area (Å²) in [6.07, 6.45) is 3.97. The number of hydrogen-bond donors (Lipinski definition) is 0. The first-order chi connectivity index (χ1) is 6.27. The van der Waals surface area contributed by atoms with E-state index in [-0.39, 0.29) is 0 Å². The standard InChI is InChI=1S/C11H10ClN/c1-9-4-5-11(10(12)8-9)13-6-2-3-7-13/h2-8H,1H3. The summed E-state index contributed by atoms with van der Waals surface area (Å²) in [4.78, 5) is 0. The maximum absolute atomic E-state index is 6.10. The van der Waals surface area contributed by atoms with Gasteiger partial charge in [0.15, 0.2) is 0 Å². The van der Waals surface area contributed by atoms with Gasteiger partial charge >= 0.3 is 0 Å². The number of nitrogens with zero attached hydrogens (tertiary/aromatic N) is 1. The van der Waals surface area contributed by atoms with Crippen molar-refractivity contribution in [3.05, 3.63) is 53.3 Å². The van der Waals surface area contributed by atoms with Gasteiger partial charge in [0, 0.05) is 12.4 Å². The lowest BCUT2D eigenvalue weighted by Gasteiger charge is -2.05. The highest BCUT2D eigenvalue weighted by Gasteiger charge is 2.00. The molecule has 0 saturated carbocycles. The predicted molar refractivity (Wildman–Crippen MR) is 55.5 cm³/mol. The molecule has 2 aromatic rings. The van der Waals surface area contributed by atoms with E-state index in [2.05, 4.69) is 6.07 Å². The highest BCUT2D eigenvalue weighted by Crippen LogP contribution is 2.21. The second-order valence-electron chi connectivity index (χ2n) is 3.05. The van der Waals surface area contributed by atoms with Crippen molar-refractivity contribution in [2.24, 2.45) is 0 Å². The smallest absolute Gasteiger partial charge is 0.0648 e. The Morgan fingerprint density at radius 1 is 1.15 bits per heavy atom. The molecule has 0 unspecified atom stereocenters. The summed E-state index contributed by atoms with van der Waals surface area (Å²) in [5.74, 6) is 0. The number of rotatable bonds is 1. The van der Waals surface area contributed by atoms with E-state index in [1.54, 1.807) is 0 Å². The summed E-state index contributed by atoms with van der Waals surface area (Å²) in [6, 6.07) is 10.0. The topological polar surface area (TPSA) is 4.93 Å². The van der Waals surface area contributed by atoms with Gasteiger partial charge in [-0.05, 0) is 36.8 Å². The quantitative estimate of drug-likeness (QED) is 0.651. The zero-order valence-electron chi connectivity index (χ0n) is 7.37. The molecule has 1 nitrogen and oxygen atoms in total. The van der Waals surface area contributed by atoms with Gasteiger partial charge in [0.25, 0.3) is 0 Å². The van der Waals surface area contributed by atoms with Gasteiger partial charge in [-0.3, -0.25) is 0 Å². The van der Waals surface area contributed by atoms with Crippen LogP contribution in [0.2, 0.25) is 5.02 Å². The molecule has 2 rings (SSSR count). The van der Waals surface area contributed by atoms with E-state index in [9.17, 15) is 0 Å². The molecule has 1 heterocycles. The molecular formula is C11H10ClN. The molecule has 2 heteroatoms. The van der Waals surface area contributed by atoms with Crippen molar-refractivity contribution in [3.8, 4) is 5.69 Å². The Balaban J connectivity index is 2.53. The highest BCUT2D eigenvalue weighted by molar-refractivity contribution is 6.32. The Morgan fingerprint density at radius 2 is 1.85 bits per heavy atom. The maximum atomic E-state index is 6.10. The summed E-state index contributed by atoms with van der Waals surface area (Å²) >= 11 is 6.10. The van der Waals surface area contributed by atoms with E-state index < -0.39 is 0 Å². The van der Waals surface area contributed by atoms with Crippen LogP contribution in [-0.4, -0.2) is 4.57 Å². The number of hydrogen-bond acceptors (Lipinski definition) is 0. The second kappa shape index (κ2) is 3.27. The van der Waals surface area contributed by atoms with Crippen molar-refractivity contribution in [1.29, 1.82) is 0 Å². The van der Waals surface area contributed by atoms with Crippen molar-refractivity contribution in [3.63, 3.8) is 0 Å². The highest BCUT2D eigenvalue weighted by atomic mass is 35.5. The monoisotopic (exact) mass is 191 g/mol. The summed E-state index contributed by atoms with van der Waals surface area (Å²) in [5.41, 5.74) is 2.21. The Kier molecular flexibility index (Phi) is 2.11. The van der Waals surface area contributed by atoms with Gasteiger partial charge in [-0.15, -0.1) is 0 Å². The van der Waals surface area contributed by atoms with Crippen molar-refractivity contribution in [1.82, 2.24) is 4.57 Å². The zero-order chi connectivity index (χ0) is 9.26. The third kappa shape index (κ3) is 1.61. The summed E-state index contributed by atoms with van der Waals surface area (Å²) in [7, 11) is 0. The fourth-order valence-corrected chi connectivity index (χ4v) is 1.65. The minimum atomic E-state index is 0.788. The van der Waals surface area contributed by atoms with E-state index in [1.807, 2.05) is 48.1 Å². The third-order valence-electron chi connectivity index (χ3n) is 1.99. The molecule has 0 aliphatic heterocycles. The molecule has 1 aromatic carbocycles. The van der Waals surface area contributed by atoms with Gasteiger partial charge in [0.05, 0.1) is 10.7 Å². The summed E-state index contributed by atoms with van der Waals surface area (Å²) < 4.78 is 2.00. The molecule has 0 amide bonds. The Bertz CT molecular complexity index is 404. The Morgan fingerprint density at radius 3 is 2.46 bits per heavy atom. The molecule has 66 valence electrons. The van der Waals surface area contributed by atoms with Crippen molar-refractivity contribution < 1.29 is 0 Å². The average molecular weight is 192 g/mol. The van der Waals surface area contributed by atoms with Gasteiger partial charge in [-0.25, -0.2) is 0 Å². The van der Waals surface area contributed by atoms with E-state index in [0.717, 1.165) is 10.7 Å². The molecule has 0 spiro atoms. The SMILES string of the molecule is Cc1ccc(-n2cccc2)c(Cl)c1. The first kappa shape index (κ1) is 8.39. The maximum Gasteiger partial charge on any atom is 0.0648 e. The minimum Gasteiger partial charge on any atom is -0.322 e. The van der Waals surface area contributed by atoms with Crippen LogP contribution in [0, 0.1) is 6.92 Å². The fraction of sp³-hybridized carbons (Fsp3) is 0.0909. The van der Waals surface area contributed by atoms with Crippen LogP contribution >= 0.6 is 11.6 Å². The molecule has 0 atom stereocenters. The number of benzene rings is 1. The van der Waals surface area contributed by atoms with E-state index in [0.29, 0.717) is 0 Å². The zero-order valence-corrected chi connectivity index (χ0v) is 8.12. The third-order valence-corrected chi connectivity index (χ3v) is 2.29. The molecule has 13 heavy (non-hydrogen) atoms. The van der Waals surface area contributed by atoms with Gasteiger partial charge in [0.1, 0.15) is 0 Å². The van der Waals surface area contributed by atoms with Crippen LogP contribution in [0.1, 0.15) is 5.56 Å². The summed E-state index contributed by atoms with van der Waals surface area (Å²) in [5, 5.41) is 0.788. The minimum absolute atomic E-state index is 0.788. The molecule has 0 saturated heterocycles. The van der Waals surface area contributed by atoms with Crippen LogP contribution < -0.4 is 0 Å². The van der Waals surface area contributed by atoms with Crippen molar-refractivity contribution in [2.75, 3.05) is 0 Å². The molecule has 0 radical (unpaired) electrons. The fourth-order valence-electron chi connectivity index (χ4n) is 1.32. The first-order valence-electron chi connectivity index (χ1n) is 4.17. The van der Waals surface area contributed by atoms with E-state index in [4.69, 9.17) is 11.6 Å². The largest absolute Gasteiger partial charge is 0.322 e. The molecule has 0 N–H and O–H groups in total. The van der Waals surface area contributed by atoms with Gasteiger partial charge in [-0.2, -0.15) is 0 Å². The molecule has 0 aliphatic rings. The van der Waals surface area contributed by atoms with Crippen LogP contribution in [0.4, 0.5) is 0 Å². The summed E-state index contributed by atoms with van der Waals surface area (Å²) in [6.45, 7) is 2.03. The molecule has 0 bridgehead atoms. The predicted octanol–water partition coefficient (Wildman–Crippen LogP) is 3.44. The van der Waals surface area contributed by atoms with Crippen LogP contribution in [0.3, 0.4) is 0 Å². The van der Waals surface area contributed by atoms with Gasteiger partial charge in [0.2, 0.25) is 0 Å². The molecule has 0 aliphatic carbocycles. The van der Waals surface area contributed by atoms with Crippen LogP contribution in [0.5, 0.6) is 0 Å². The van der Waals surface area contributed by atoms with E-state index in [1.165, 1.54) is 5.56 Å². The lowest BCUT2D eigenvalue weighted by Crippen LogP contribution is -1.90. The average Bonchev–Trinajstić information content (AvgIpc) is 2.56. The van der Waals surface area contributed by atoms with E-state index >= 15 is 0 Å². The Hall–Kier alpha value is -1.21. The lowest BCUT2D eigenvalue weighted by molar-refractivity contribution is 1.08. The molecular weight excluding hydrogens is 182 g/mol. The second-order valence-corrected chi connectivity index (χ2v) is 3.45. The Labute approximate surface area is 82.6 Å². The number of halogens is 1. The van der Waals surface area contributed by atoms with Crippen LogP contribution in [0.15, 0.2) is 42.7 Å². The van der Waals surface area contributed by atoms with Gasteiger partial charge in [-0.1, -0.05) is 17.7 Å². The van der Waals surface area contributed by atoms with Crippen molar-refractivity contribution in [2.45, 2.75) is 6.92 Å². The molecule has 0 fully saturated rings. The van der Waals surface area contributed by atoms with Crippen molar-refractivity contribution >= 4 is 11.6 Å².